The first-order chi connectivity index (χ1) is 3.83. The van der Waals surface area contributed by atoms with Crippen LogP contribution in [0.5, 0.6) is 0 Å². The average molecular weight is 112 g/mol. The third-order valence-electron chi connectivity index (χ3n) is 2.38. The van der Waals surface area contributed by atoms with Gasteiger partial charge in [0.25, 0.3) is 0 Å². The molecule has 0 saturated heterocycles. The molecule has 0 amide bonds. The first-order valence-electron chi connectivity index (χ1n) is 3.83. The molecule has 0 unspecified atom stereocenters. The molecule has 2 atom stereocenters. The molecule has 0 N–H and O–H groups in total. The number of hydrogen-bond acceptors (Lipinski definition) is 0. The Morgan fingerprint density at radius 1 is 1.38 bits per heavy atom. The molecule has 0 aromatic carbocycles. The minimum absolute atomic E-state index is 1.03. The van der Waals surface area contributed by atoms with Crippen molar-refractivity contribution in [1.29, 1.82) is 0 Å². The molecule has 1 aliphatic rings. The molecule has 0 heterocycles. The molecule has 0 radical (unpaired) electrons. The summed E-state index contributed by atoms with van der Waals surface area (Å²) < 4.78 is 0. The maximum absolute atomic E-state index is 2.37. The second-order valence-corrected chi connectivity index (χ2v) is 3.19. The van der Waals surface area contributed by atoms with E-state index in [2.05, 4.69) is 13.8 Å². The van der Waals surface area contributed by atoms with E-state index < -0.39 is 0 Å². The lowest BCUT2D eigenvalue weighted by Crippen LogP contribution is -1.89. The predicted octanol–water partition coefficient (Wildman–Crippen LogP) is 2.83. The Labute approximate surface area is 52.3 Å². The molecular formula is C8H16. The van der Waals surface area contributed by atoms with E-state index >= 15 is 0 Å². The van der Waals surface area contributed by atoms with E-state index in [9.17, 15) is 0 Å². The lowest BCUT2D eigenvalue weighted by Gasteiger charge is -2.02. The molecule has 48 valence electrons. The highest BCUT2D eigenvalue weighted by Crippen LogP contribution is 2.31. The van der Waals surface area contributed by atoms with Gasteiger partial charge in [-0.1, -0.05) is 33.1 Å². The van der Waals surface area contributed by atoms with E-state index in [0.717, 1.165) is 11.8 Å². The molecule has 0 aromatic rings. The summed E-state index contributed by atoms with van der Waals surface area (Å²) in [7, 11) is 0. The third-order valence-corrected chi connectivity index (χ3v) is 2.38. The molecule has 0 aliphatic heterocycles. The summed E-state index contributed by atoms with van der Waals surface area (Å²) in [6, 6.07) is 0. The normalized spacial score (nSPS) is 38.2. The highest BCUT2D eigenvalue weighted by molar-refractivity contribution is 4.70. The summed E-state index contributed by atoms with van der Waals surface area (Å²) in [6.07, 6.45) is 5.89. The van der Waals surface area contributed by atoms with Gasteiger partial charge in [0, 0.05) is 0 Å². The number of hydrogen-bond donors (Lipinski definition) is 0. The van der Waals surface area contributed by atoms with Gasteiger partial charge in [0.1, 0.15) is 0 Å². The predicted molar refractivity (Wildman–Crippen MR) is 36.8 cm³/mol. The zero-order valence-corrected chi connectivity index (χ0v) is 5.98. The van der Waals surface area contributed by atoms with E-state index in [1.165, 1.54) is 25.7 Å². The van der Waals surface area contributed by atoms with Crippen molar-refractivity contribution in [3.05, 3.63) is 0 Å². The molecule has 1 aliphatic carbocycles. The van der Waals surface area contributed by atoms with E-state index in [4.69, 9.17) is 0 Å². The summed E-state index contributed by atoms with van der Waals surface area (Å²) in [5.74, 6) is 2.10. The van der Waals surface area contributed by atoms with Gasteiger partial charge in [-0.05, 0) is 18.3 Å². The Kier molecular flexibility index (Phi) is 1.93. The van der Waals surface area contributed by atoms with Crippen molar-refractivity contribution < 1.29 is 0 Å². The van der Waals surface area contributed by atoms with Crippen LogP contribution < -0.4 is 0 Å². The highest BCUT2D eigenvalue weighted by Gasteiger charge is 2.18. The van der Waals surface area contributed by atoms with Gasteiger partial charge in [0.05, 0.1) is 0 Å². The molecule has 1 rings (SSSR count). The molecule has 8 heavy (non-hydrogen) atoms. The first-order valence-corrected chi connectivity index (χ1v) is 3.83. The molecule has 0 heteroatoms. The Morgan fingerprint density at radius 3 is 2.38 bits per heavy atom. The highest BCUT2D eigenvalue weighted by atomic mass is 14.2. The Morgan fingerprint density at radius 2 is 2.12 bits per heavy atom. The standard InChI is InChI=1S/C8H16/c1-3-8-5-4-7(2)6-8/h7-8H,3-6H2,1-2H3/t7-,8+/m0/s1. The van der Waals surface area contributed by atoms with E-state index in [1.807, 2.05) is 0 Å². The molecule has 1 saturated carbocycles. The summed E-state index contributed by atoms with van der Waals surface area (Å²) >= 11 is 0. The summed E-state index contributed by atoms with van der Waals surface area (Å²) in [4.78, 5) is 0. The summed E-state index contributed by atoms with van der Waals surface area (Å²) in [5, 5.41) is 0. The maximum Gasteiger partial charge on any atom is -0.0414 e. The fourth-order valence-electron chi connectivity index (χ4n) is 1.70. The fraction of sp³-hybridized carbons (Fsp3) is 1.00. The van der Waals surface area contributed by atoms with Crippen LogP contribution in [-0.2, 0) is 0 Å². The zero-order valence-electron chi connectivity index (χ0n) is 5.98. The van der Waals surface area contributed by atoms with Crippen molar-refractivity contribution in [2.24, 2.45) is 11.8 Å². The van der Waals surface area contributed by atoms with Gasteiger partial charge >= 0.3 is 0 Å². The van der Waals surface area contributed by atoms with E-state index in [-0.39, 0.29) is 0 Å². The third kappa shape index (κ3) is 1.24. The van der Waals surface area contributed by atoms with Crippen LogP contribution in [0.2, 0.25) is 0 Å². The molecule has 1 fully saturated rings. The minimum Gasteiger partial charge on any atom is -0.0651 e. The topological polar surface area (TPSA) is 0 Å². The summed E-state index contributed by atoms with van der Waals surface area (Å²) in [5.41, 5.74) is 0. The monoisotopic (exact) mass is 112 g/mol. The molecule has 0 aromatic heterocycles. The first kappa shape index (κ1) is 6.12. The Hall–Kier alpha value is 0. The van der Waals surface area contributed by atoms with Crippen molar-refractivity contribution in [3.8, 4) is 0 Å². The van der Waals surface area contributed by atoms with Gasteiger partial charge in [-0.2, -0.15) is 0 Å². The van der Waals surface area contributed by atoms with Gasteiger partial charge in [0.2, 0.25) is 0 Å². The van der Waals surface area contributed by atoms with Crippen molar-refractivity contribution in [3.63, 3.8) is 0 Å². The van der Waals surface area contributed by atoms with Crippen molar-refractivity contribution in [1.82, 2.24) is 0 Å². The van der Waals surface area contributed by atoms with Gasteiger partial charge in [-0.15, -0.1) is 0 Å². The molecular weight excluding hydrogens is 96.1 g/mol. The van der Waals surface area contributed by atoms with Crippen LogP contribution in [0.4, 0.5) is 0 Å². The smallest absolute Gasteiger partial charge is 0.0414 e. The number of rotatable bonds is 1. The van der Waals surface area contributed by atoms with E-state index in [0.29, 0.717) is 0 Å². The summed E-state index contributed by atoms with van der Waals surface area (Å²) in [6.45, 7) is 4.68. The Bertz CT molecular complexity index is 66.4. The molecule has 0 bridgehead atoms. The zero-order chi connectivity index (χ0) is 5.98. The van der Waals surface area contributed by atoms with E-state index in [1.54, 1.807) is 0 Å². The largest absolute Gasteiger partial charge is 0.0651 e. The SMILES string of the molecule is CC[C@@H]1CC[C@H](C)C1. The van der Waals surface area contributed by atoms with Crippen LogP contribution >= 0.6 is 0 Å². The van der Waals surface area contributed by atoms with Crippen molar-refractivity contribution >= 4 is 0 Å². The quantitative estimate of drug-likeness (QED) is 0.489. The second-order valence-electron chi connectivity index (χ2n) is 3.19. The lowest BCUT2D eigenvalue weighted by molar-refractivity contribution is 0.501. The van der Waals surface area contributed by atoms with Crippen LogP contribution in [0.15, 0.2) is 0 Å². The fourth-order valence-corrected chi connectivity index (χ4v) is 1.70. The maximum atomic E-state index is 2.37. The molecule has 0 spiro atoms. The van der Waals surface area contributed by atoms with Crippen LogP contribution in [0.3, 0.4) is 0 Å². The van der Waals surface area contributed by atoms with Gasteiger partial charge in [0.15, 0.2) is 0 Å². The lowest BCUT2D eigenvalue weighted by atomic mass is 10.0. The van der Waals surface area contributed by atoms with Crippen molar-refractivity contribution in [2.45, 2.75) is 39.5 Å². The minimum atomic E-state index is 1.03. The van der Waals surface area contributed by atoms with Crippen molar-refractivity contribution in [2.75, 3.05) is 0 Å². The Balaban J connectivity index is 2.22. The van der Waals surface area contributed by atoms with Crippen LogP contribution in [0, 0.1) is 11.8 Å². The second kappa shape index (κ2) is 2.52. The average Bonchev–Trinajstić information content (AvgIpc) is 2.14. The van der Waals surface area contributed by atoms with Crippen LogP contribution in [0.25, 0.3) is 0 Å². The van der Waals surface area contributed by atoms with Crippen LogP contribution in [0.1, 0.15) is 39.5 Å². The van der Waals surface area contributed by atoms with Gasteiger partial charge < -0.3 is 0 Å². The van der Waals surface area contributed by atoms with Crippen LogP contribution in [-0.4, -0.2) is 0 Å². The molecule has 0 nitrogen and oxygen atoms in total. The van der Waals surface area contributed by atoms with Gasteiger partial charge in [-0.3, -0.25) is 0 Å². The van der Waals surface area contributed by atoms with Gasteiger partial charge in [-0.25, -0.2) is 0 Å².